The Morgan fingerprint density at radius 2 is 1.62 bits per heavy atom. The molecule has 2 amide bonds. The van der Waals surface area contributed by atoms with Gasteiger partial charge in [-0.15, -0.1) is 0 Å². The van der Waals surface area contributed by atoms with Crippen molar-refractivity contribution < 1.29 is 9.59 Å². The van der Waals surface area contributed by atoms with Crippen LogP contribution in [0.3, 0.4) is 0 Å². The molecular weight excluding hydrogens is 362 g/mol. The van der Waals surface area contributed by atoms with Crippen LogP contribution in [0, 0.1) is 11.3 Å². The number of hydrogen-bond donors (Lipinski definition) is 1. The average Bonchev–Trinajstić information content (AvgIpc) is 2.78. The van der Waals surface area contributed by atoms with Crippen molar-refractivity contribution in [3.63, 3.8) is 0 Å². The highest BCUT2D eigenvalue weighted by atomic mass is 16.2. The molecular formula is C24H21N3O2. The minimum Gasteiger partial charge on any atom is -0.335 e. The lowest BCUT2D eigenvalue weighted by atomic mass is 10.1. The van der Waals surface area contributed by atoms with Gasteiger partial charge in [-0.1, -0.05) is 36.4 Å². The zero-order valence-corrected chi connectivity index (χ0v) is 16.1. The molecule has 0 saturated heterocycles. The second-order valence-corrected chi connectivity index (χ2v) is 6.53. The summed E-state index contributed by atoms with van der Waals surface area (Å²) in [5, 5.41) is 11.6. The maximum atomic E-state index is 12.9. The SMILES string of the molecule is CCN(Cc1ccccc1)C(=O)c1cccc(C(=O)Nc2ccc(C#N)cc2)c1. The summed E-state index contributed by atoms with van der Waals surface area (Å²) >= 11 is 0. The number of nitrogens with zero attached hydrogens (tertiary/aromatic N) is 2. The zero-order chi connectivity index (χ0) is 20.6. The van der Waals surface area contributed by atoms with E-state index in [4.69, 9.17) is 5.26 Å². The van der Waals surface area contributed by atoms with Crippen LogP contribution in [0.15, 0.2) is 78.9 Å². The van der Waals surface area contributed by atoms with Crippen LogP contribution >= 0.6 is 0 Å². The van der Waals surface area contributed by atoms with Crippen molar-refractivity contribution in [1.29, 1.82) is 5.26 Å². The molecule has 5 nitrogen and oxygen atoms in total. The molecule has 3 aromatic rings. The molecule has 0 bridgehead atoms. The molecule has 1 N–H and O–H groups in total. The van der Waals surface area contributed by atoms with E-state index in [1.165, 1.54) is 0 Å². The maximum Gasteiger partial charge on any atom is 0.255 e. The summed E-state index contributed by atoms with van der Waals surface area (Å²) in [5.74, 6) is -0.431. The van der Waals surface area contributed by atoms with Gasteiger partial charge in [-0.3, -0.25) is 9.59 Å². The first kappa shape index (κ1) is 19.8. The van der Waals surface area contributed by atoms with E-state index < -0.39 is 0 Å². The van der Waals surface area contributed by atoms with Gasteiger partial charge in [0.25, 0.3) is 11.8 Å². The van der Waals surface area contributed by atoms with E-state index in [1.54, 1.807) is 53.4 Å². The third kappa shape index (κ3) is 5.08. The van der Waals surface area contributed by atoms with Gasteiger partial charge in [0.05, 0.1) is 11.6 Å². The van der Waals surface area contributed by atoms with Crippen molar-refractivity contribution in [3.8, 4) is 6.07 Å². The Bertz CT molecular complexity index is 1040. The molecule has 0 aliphatic heterocycles. The van der Waals surface area contributed by atoms with Crippen LogP contribution in [0.5, 0.6) is 0 Å². The summed E-state index contributed by atoms with van der Waals surface area (Å²) in [4.78, 5) is 27.3. The first-order valence-corrected chi connectivity index (χ1v) is 9.35. The first-order chi connectivity index (χ1) is 14.1. The smallest absolute Gasteiger partial charge is 0.255 e. The van der Waals surface area contributed by atoms with E-state index in [9.17, 15) is 9.59 Å². The Morgan fingerprint density at radius 3 is 2.28 bits per heavy atom. The third-order valence-corrected chi connectivity index (χ3v) is 4.53. The Morgan fingerprint density at radius 1 is 0.931 bits per heavy atom. The predicted molar refractivity (Wildman–Crippen MR) is 112 cm³/mol. The molecule has 0 fully saturated rings. The zero-order valence-electron chi connectivity index (χ0n) is 16.1. The van der Waals surface area contributed by atoms with Crippen LogP contribution in [0.4, 0.5) is 5.69 Å². The monoisotopic (exact) mass is 383 g/mol. The molecule has 0 aliphatic carbocycles. The van der Waals surface area contributed by atoms with Crippen molar-refractivity contribution in [2.24, 2.45) is 0 Å². The number of carbonyl (C=O) groups is 2. The molecule has 0 aromatic heterocycles. The summed E-state index contributed by atoms with van der Waals surface area (Å²) in [6, 6.07) is 25.2. The number of benzene rings is 3. The fourth-order valence-corrected chi connectivity index (χ4v) is 2.94. The Hall–Kier alpha value is -3.91. The van der Waals surface area contributed by atoms with Gasteiger partial charge in [-0.05, 0) is 55.0 Å². The number of carbonyl (C=O) groups excluding carboxylic acids is 2. The number of anilines is 1. The third-order valence-electron chi connectivity index (χ3n) is 4.53. The standard InChI is InChI=1S/C24H21N3O2/c1-2-27(17-19-7-4-3-5-8-19)24(29)21-10-6-9-20(15-21)23(28)26-22-13-11-18(16-25)12-14-22/h3-15H,2,17H2,1H3,(H,26,28). The number of nitrogens with one attached hydrogen (secondary N) is 1. The van der Waals surface area contributed by atoms with E-state index in [0.29, 0.717) is 35.5 Å². The largest absolute Gasteiger partial charge is 0.335 e. The lowest BCUT2D eigenvalue weighted by Crippen LogP contribution is -2.30. The molecule has 5 heteroatoms. The summed E-state index contributed by atoms with van der Waals surface area (Å²) in [6.45, 7) is 3.01. The Balaban J connectivity index is 1.74. The van der Waals surface area contributed by atoms with Crippen molar-refractivity contribution >= 4 is 17.5 Å². The van der Waals surface area contributed by atoms with Gasteiger partial charge in [0.15, 0.2) is 0 Å². The molecule has 29 heavy (non-hydrogen) atoms. The maximum absolute atomic E-state index is 12.9. The van der Waals surface area contributed by atoms with Gasteiger partial charge >= 0.3 is 0 Å². The Labute approximate surface area is 170 Å². The molecule has 0 aliphatic rings. The van der Waals surface area contributed by atoms with Crippen LogP contribution in [0.25, 0.3) is 0 Å². The number of amides is 2. The van der Waals surface area contributed by atoms with Crippen LogP contribution in [-0.2, 0) is 6.54 Å². The molecule has 0 heterocycles. The molecule has 3 rings (SSSR count). The van der Waals surface area contributed by atoms with E-state index >= 15 is 0 Å². The van der Waals surface area contributed by atoms with Crippen molar-refractivity contribution in [3.05, 3.63) is 101 Å². The van der Waals surface area contributed by atoms with Gasteiger partial charge in [-0.25, -0.2) is 0 Å². The highest BCUT2D eigenvalue weighted by Gasteiger charge is 2.16. The van der Waals surface area contributed by atoms with Crippen LogP contribution in [-0.4, -0.2) is 23.3 Å². The van der Waals surface area contributed by atoms with Gasteiger partial charge in [0, 0.05) is 29.9 Å². The van der Waals surface area contributed by atoms with Gasteiger partial charge in [-0.2, -0.15) is 5.26 Å². The molecule has 0 spiro atoms. The number of rotatable bonds is 6. The summed E-state index contributed by atoms with van der Waals surface area (Å²) in [5.41, 5.74) is 3.03. The minimum absolute atomic E-state index is 0.121. The molecule has 0 saturated carbocycles. The van der Waals surface area contributed by atoms with E-state index in [1.807, 2.05) is 43.3 Å². The number of nitriles is 1. The summed E-state index contributed by atoms with van der Waals surface area (Å²) in [6.07, 6.45) is 0. The lowest BCUT2D eigenvalue weighted by molar-refractivity contribution is 0.0752. The molecule has 3 aromatic carbocycles. The highest BCUT2D eigenvalue weighted by molar-refractivity contribution is 6.06. The van der Waals surface area contributed by atoms with Crippen LogP contribution in [0.2, 0.25) is 0 Å². The number of hydrogen-bond acceptors (Lipinski definition) is 3. The van der Waals surface area contributed by atoms with Crippen LogP contribution in [0.1, 0.15) is 38.8 Å². The summed E-state index contributed by atoms with van der Waals surface area (Å²) < 4.78 is 0. The molecule has 0 atom stereocenters. The van der Waals surface area contributed by atoms with E-state index in [-0.39, 0.29) is 11.8 Å². The molecule has 0 radical (unpaired) electrons. The predicted octanol–water partition coefficient (Wildman–Crippen LogP) is 4.47. The summed E-state index contributed by atoms with van der Waals surface area (Å²) in [7, 11) is 0. The fourth-order valence-electron chi connectivity index (χ4n) is 2.94. The van der Waals surface area contributed by atoms with E-state index in [2.05, 4.69) is 5.32 Å². The first-order valence-electron chi connectivity index (χ1n) is 9.35. The topological polar surface area (TPSA) is 73.2 Å². The molecule has 0 unspecified atom stereocenters. The van der Waals surface area contributed by atoms with Crippen molar-refractivity contribution in [1.82, 2.24) is 4.90 Å². The highest BCUT2D eigenvalue weighted by Crippen LogP contribution is 2.15. The minimum atomic E-state index is -0.310. The van der Waals surface area contributed by atoms with Gasteiger partial charge in [0.1, 0.15) is 0 Å². The average molecular weight is 383 g/mol. The second-order valence-electron chi connectivity index (χ2n) is 6.53. The van der Waals surface area contributed by atoms with Crippen molar-refractivity contribution in [2.75, 3.05) is 11.9 Å². The van der Waals surface area contributed by atoms with Crippen molar-refractivity contribution in [2.45, 2.75) is 13.5 Å². The van der Waals surface area contributed by atoms with Crippen LogP contribution < -0.4 is 5.32 Å². The Kier molecular flexibility index (Phi) is 6.39. The normalized spacial score (nSPS) is 10.1. The van der Waals surface area contributed by atoms with Gasteiger partial charge in [0.2, 0.25) is 0 Å². The quantitative estimate of drug-likeness (QED) is 0.682. The lowest BCUT2D eigenvalue weighted by Gasteiger charge is -2.21. The molecule has 144 valence electrons. The second kappa shape index (κ2) is 9.34. The van der Waals surface area contributed by atoms with Gasteiger partial charge < -0.3 is 10.2 Å². The fraction of sp³-hybridized carbons (Fsp3) is 0.125. The van der Waals surface area contributed by atoms with E-state index in [0.717, 1.165) is 5.56 Å².